The Balaban J connectivity index is 4.00. The molecular weight excluding hydrogens is 1160 g/mol. The van der Waals surface area contributed by atoms with Crippen LogP contribution in [-0.2, 0) is 33.3 Å². The van der Waals surface area contributed by atoms with Crippen LogP contribution in [0.4, 0.5) is 0 Å². The molecule has 94 heavy (non-hydrogen) atoms. The van der Waals surface area contributed by atoms with E-state index in [1.165, 1.54) is 257 Å². The van der Waals surface area contributed by atoms with E-state index < -0.39 is 24.3 Å². The Hall–Kier alpha value is -3.53. The lowest BCUT2D eigenvalue weighted by atomic mass is 10.0. The van der Waals surface area contributed by atoms with E-state index in [0.29, 0.717) is 23.9 Å². The van der Waals surface area contributed by atoms with Gasteiger partial charge in [-0.3, -0.25) is 9.59 Å². The molecule has 2 atom stereocenters. The number of carboxylic acids is 1. The third-order valence-corrected chi connectivity index (χ3v) is 17.9. The summed E-state index contributed by atoms with van der Waals surface area (Å²) in [6, 6.07) is 0. The molecule has 0 saturated heterocycles. The summed E-state index contributed by atoms with van der Waals surface area (Å²) in [5.74, 6) is -2.00. The van der Waals surface area contributed by atoms with Crippen LogP contribution >= 0.6 is 0 Å². The minimum atomic E-state index is -1.52. The molecule has 0 amide bonds. The topological polar surface area (TPSA) is 108 Å². The quantitative estimate of drug-likeness (QED) is 0.0211. The maximum absolute atomic E-state index is 13.0. The first kappa shape index (κ1) is 90.5. The fraction of sp³-hybridized carbons (Fsp3) is 0.800. The Morgan fingerprint density at radius 3 is 0.904 bits per heavy atom. The van der Waals surface area contributed by atoms with E-state index in [1.807, 2.05) is 21.1 Å². The van der Waals surface area contributed by atoms with Crippen molar-refractivity contribution in [1.29, 1.82) is 0 Å². The molecule has 9 nitrogen and oxygen atoms in total. The maximum Gasteiger partial charge on any atom is 0.361 e. The van der Waals surface area contributed by atoms with Gasteiger partial charge >= 0.3 is 17.9 Å². The zero-order valence-corrected chi connectivity index (χ0v) is 62.6. The number of quaternary nitrogens is 1. The molecule has 0 radical (unpaired) electrons. The highest BCUT2D eigenvalue weighted by Crippen LogP contribution is 2.20. The van der Waals surface area contributed by atoms with Gasteiger partial charge in [-0.1, -0.05) is 381 Å². The van der Waals surface area contributed by atoms with Crippen LogP contribution in [0, 0.1) is 0 Å². The minimum absolute atomic E-state index is 0.184. The molecule has 0 aromatic carbocycles. The third kappa shape index (κ3) is 75.8. The van der Waals surface area contributed by atoms with Gasteiger partial charge in [0.15, 0.2) is 6.10 Å². The highest BCUT2D eigenvalue weighted by molar-refractivity contribution is 5.71. The van der Waals surface area contributed by atoms with Crippen LogP contribution in [0.1, 0.15) is 380 Å². The highest BCUT2D eigenvalue weighted by atomic mass is 16.7. The number of carbonyl (C=O) groups is 3. The van der Waals surface area contributed by atoms with Crippen molar-refractivity contribution >= 4 is 17.9 Å². The summed E-state index contributed by atoms with van der Waals surface area (Å²) in [7, 11) is 5.99. The number of nitrogens with zero attached hydrogens (tertiary/aromatic N) is 1. The van der Waals surface area contributed by atoms with Gasteiger partial charge in [-0.2, -0.15) is 0 Å². The summed E-state index contributed by atoms with van der Waals surface area (Å²) >= 11 is 0. The average molecular weight is 1320 g/mol. The summed E-state index contributed by atoms with van der Waals surface area (Å²) in [4.78, 5) is 37.7. The van der Waals surface area contributed by atoms with Gasteiger partial charge in [-0.05, 0) is 70.6 Å². The molecule has 0 aliphatic heterocycles. The van der Waals surface area contributed by atoms with E-state index in [4.69, 9.17) is 18.9 Å². The molecule has 0 saturated carbocycles. The van der Waals surface area contributed by atoms with Crippen LogP contribution < -0.4 is 0 Å². The summed E-state index contributed by atoms with van der Waals surface area (Å²) < 4.78 is 23.0. The average Bonchev–Trinajstić information content (AvgIpc) is 3.76. The fourth-order valence-corrected chi connectivity index (χ4v) is 11.8. The van der Waals surface area contributed by atoms with Crippen molar-refractivity contribution < 1.29 is 42.9 Å². The van der Waals surface area contributed by atoms with E-state index in [1.54, 1.807) is 0 Å². The van der Waals surface area contributed by atoms with E-state index in [0.717, 1.165) is 89.9 Å². The number of rotatable bonds is 75. The highest BCUT2D eigenvalue weighted by Gasteiger charge is 2.25. The first-order chi connectivity index (χ1) is 46.1. The first-order valence-electron chi connectivity index (χ1n) is 40.3. The van der Waals surface area contributed by atoms with Crippen LogP contribution in [0.15, 0.2) is 85.1 Å². The molecule has 0 aromatic heterocycles. The summed E-state index contributed by atoms with van der Waals surface area (Å²) in [6.45, 7) is 4.81. The number of aliphatic carboxylic acids is 1. The number of hydrogen-bond acceptors (Lipinski definition) is 7. The predicted octanol–water partition coefficient (Wildman–Crippen LogP) is 25.8. The number of carbonyl (C=O) groups excluding carboxylic acids is 2. The van der Waals surface area contributed by atoms with Crippen molar-refractivity contribution in [3.8, 4) is 0 Å². The molecule has 0 bridgehead atoms. The van der Waals surface area contributed by atoms with E-state index in [9.17, 15) is 19.5 Å². The molecule has 0 spiro atoms. The minimum Gasteiger partial charge on any atom is -0.477 e. The van der Waals surface area contributed by atoms with Crippen LogP contribution in [0.2, 0.25) is 0 Å². The number of allylic oxidation sites excluding steroid dienone is 14. The lowest BCUT2D eigenvalue weighted by molar-refractivity contribution is -0.870. The first-order valence-corrected chi connectivity index (χ1v) is 40.3. The second-order valence-corrected chi connectivity index (χ2v) is 28.4. The molecule has 2 unspecified atom stereocenters. The number of likely N-dealkylation sites (N-methyl/N-ethyl adjacent to an activating group) is 1. The SMILES string of the molecule is CC/C=C\C/C=C\C/C=C\C/C=C\C/C=C\C/C=C\C/C=C\CCCCCCCCCCCC(=O)OC(COC(=O)CCCCCCCCCCCCCCCCCCCCCCCCCCCCCCCCCCCCCCCC)COC(OCC[N+](C)(C)C)C(=O)O. The second kappa shape index (κ2) is 75.2. The van der Waals surface area contributed by atoms with Crippen molar-refractivity contribution in [3.05, 3.63) is 85.1 Å². The Bertz CT molecular complexity index is 1820. The van der Waals surface area contributed by atoms with Crippen LogP contribution in [0.5, 0.6) is 0 Å². The summed E-state index contributed by atoms with van der Waals surface area (Å²) in [5.41, 5.74) is 0. The van der Waals surface area contributed by atoms with Gasteiger partial charge in [0, 0.05) is 12.8 Å². The number of ether oxygens (including phenoxy) is 4. The smallest absolute Gasteiger partial charge is 0.361 e. The van der Waals surface area contributed by atoms with Gasteiger partial charge in [0.2, 0.25) is 0 Å². The van der Waals surface area contributed by atoms with Crippen LogP contribution in [-0.4, -0.2) is 87.4 Å². The third-order valence-electron chi connectivity index (χ3n) is 17.9. The summed E-state index contributed by atoms with van der Waals surface area (Å²) in [5, 5.41) is 9.77. The van der Waals surface area contributed by atoms with E-state index >= 15 is 0 Å². The molecule has 0 rings (SSSR count). The number of hydrogen-bond donors (Lipinski definition) is 1. The number of carboxylic acid groups (broad SMARTS) is 1. The zero-order chi connectivity index (χ0) is 68.2. The zero-order valence-electron chi connectivity index (χ0n) is 62.6. The molecule has 1 N–H and O–H groups in total. The maximum atomic E-state index is 13.0. The molecule has 0 heterocycles. The molecule has 0 aliphatic carbocycles. The second-order valence-electron chi connectivity index (χ2n) is 28.4. The monoisotopic (exact) mass is 1320 g/mol. The van der Waals surface area contributed by atoms with Crippen LogP contribution in [0.25, 0.3) is 0 Å². The standard InChI is InChI=1S/C85H153NO8/c1-6-8-10-12-14-16-18-20-22-24-26-28-30-32-34-36-38-39-40-41-42-43-44-46-47-49-51-53-55-57-59-61-63-65-67-69-71-73-75-82(87)92-79-81(80-93-85(84(89)90)91-78-77-86(3,4)5)94-83(88)76-74-72-70-68-66-64-62-60-58-56-54-52-50-48-45-37-35-33-31-29-27-25-23-21-19-17-15-13-11-9-7-2/h9,11,15,17,21,23,27,29,33,35,45,48,52,54,81,85H,6-8,10,12-14,16,18-20,22,24-26,28,30-32,34,36-44,46-47,49-51,53,55-80H2,1-5H3/p+1/b11-9-,17-15-,23-21-,29-27-,35-33-,48-45-,54-52-. The number of esters is 2. The molecule has 0 aromatic rings. The van der Waals surface area contributed by atoms with Gasteiger partial charge in [-0.25, -0.2) is 4.79 Å². The van der Waals surface area contributed by atoms with Crippen molar-refractivity contribution in [2.24, 2.45) is 0 Å². The Morgan fingerprint density at radius 1 is 0.330 bits per heavy atom. The predicted molar refractivity (Wildman–Crippen MR) is 406 cm³/mol. The largest absolute Gasteiger partial charge is 0.477 e. The van der Waals surface area contributed by atoms with Crippen LogP contribution in [0.3, 0.4) is 0 Å². The van der Waals surface area contributed by atoms with Gasteiger partial charge in [0.1, 0.15) is 13.2 Å². The Labute approximate surface area is 582 Å². The van der Waals surface area contributed by atoms with Crippen molar-refractivity contribution in [2.45, 2.75) is 392 Å². The van der Waals surface area contributed by atoms with E-state index in [-0.39, 0.29) is 32.2 Å². The fourth-order valence-electron chi connectivity index (χ4n) is 11.8. The lowest BCUT2D eigenvalue weighted by Gasteiger charge is -2.25. The van der Waals surface area contributed by atoms with E-state index in [2.05, 4.69) is 98.9 Å². The summed E-state index contributed by atoms with van der Waals surface area (Å²) in [6.07, 6.45) is 100. The molecule has 546 valence electrons. The molecule has 0 aliphatic rings. The Morgan fingerprint density at radius 2 is 0.606 bits per heavy atom. The molecule has 0 fully saturated rings. The van der Waals surface area contributed by atoms with Gasteiger partial charge in [-0.15, -0.1) is 0 Å². The number of unbranched alkanes of at least 4 members (excludes halogenated alkanes) is 46. The normalized spacial score (nSPS) is 13.1. The Kier molecular flexibility index (Phi) is 72.4. The van der Waals surface area contributed by atoms with Gasteiger partial charge < -0.3 is 28.5 Å². The van der Waals surface area contributed by atoms with Gasteiger partial charge in [0.25, 0.3) is 6.29 Å². The lowest BCUT2D eigenvalue weighted by Crippen LogP contribution is -2.40. The van der Waals surface area contributed by atoms with Crippen molar-refractivity contribution in [1.82, 2.24) is 0 Å². The van der Waals surface area contributed by atoms with Crippen molar-refractivity contribution in [3.63, 3.8) is 0 Å². The van der Waals surface area contributed by atoms with Gasteiger partial charge in [0.05, 0.1) is 34.4 Å². The van der Waals surface area contributed by atoms with Crippen molar-refractivity contribution in [2.75, 3.05) is 47.5 Å². The molecular formula is C85H154NO8+. The molecule has 9 heteroatoms.